The van der Waals surface area contributed by atoms with E-state index in [0.717, 1.165) is 30.6 Å². The Hall–Kier alpha value is -2.25. The van der Waals surface area contributed by atoms with Gasteiger partial charge in [-0.25, -0.2) is 0 Å². The molecule has 1 unspecified atom stereocenters. The van der Waals surface area contributed by atoms with Crippen LogP contribution in [-0.2, 0) is 16.1 Å². The first-order chi connectivity index (χ1) is 15.5. The number of methoxy groups -OCH3 is 2. The molecule has 0 aliphatic heterocycles. The maximum Gasteiger partial charge on any atom is 0.247 e. The first-order valence-corrected chi connectivity index (χ1v) is 12.3. The van der Waals surface area contributed by atoms with E-state index in [4.69, 9.17) is 21.1 Å². The number of thiophene rings is 1. The number of carbonyl (C=O) groups excluding carboxylic acids is 2. The van der Waals surface area contributed by atoms with E-state index in [1.54, 1.807) is 37.3 Å². The fourth-order valence-electron chi connectivity index (χ4n) is 4.15. The highest BCUT2D eigenvalue weighted by Gasteiger charge is 2.33. The van der Waals surface area contributed by atoms with Crippen LogP contribution in [0.25, 0.3) is 0 Å². The van der Waals surface area contributed by atoms with Gasteiger partial charge in [-0.1, -0.05) is 19.1 Å². The van der Waals surface area contributed by atoms with Crippen molar-refractivity contribution in [1.29, 1.82) is 0 Å². The zero-order valence-corrected chi connectivity index (χ0v) is 20.4. The molecule has 1 saturated carbocycles. The van der Waals surface area contributed by atoms with Crippen molar-refractivity contribution in [3.63, 3.8) is 0 Å². The molecule has 1 N–H and O–H groups in total. The maximum absolute atomic E-state index is 13.6. The Morgan fingerprint density at radius 1 is 1.16 bits per heavy atom. The number of hydrogen-bond donors (Lipinski definition) is 1. The van der Waals surface area contributed by atoms with E-state index >= 15 is 0 Å². The SMILES string of the molecule is COc1ccc(C(C(=O)NC2CCC(C)CC2)N(Cc2cccs2)C(=O)CCl)cc1OC. The Labute approximate surface area is 198 Å². The molecule has 0 saturated heterocycles. The van der Waals surface area contributed by atoms with Gasteiger partial charge in [0.05, 0.1) is 20.8 Å². The highest BCUT2D eigenvalue weighted by atomic mass is 35.5. The van der Waals surface area contributed by atoms with Gasteiger partial charge in [0, 0.05) is 10.9 Å². The monoisotopic (exact) mass is 478 g/mol. The minimum Gasteiger partial charge on any atom is -0.493 e. The molecule has 2 aromatic rings. The number of ether oxygens (including phenoxy) is 2. The van der Waals surface area contributed by atoms with Crippen LogP contribution in [0.3, 0.4) is 0 Å². The summed E-state index contributed by atoms with van der Waals surface area (Å²) in [5.74, 6) is 1.04. The van der Waals surface area contributed by atoms with Gasteiger partial charge >= 0.3 is 0 Å². The highest BCUT2D eigenvalue weighted by molar-refractivity contribution is 7.09. The Balaban J connectivity index is 1.96. The van der Waals surface area contributed by atoms with Crippen molar-refractivity contribution in [2.24, 2.45) is 5.92 Å². The van der Waals surface area contributed by atoms with Gasteiger partial charge in [0.2, 0.25) is 11.8 Å². The molecule has 1 aliphatic carbocycles. The molecule has 6 nitrogen and oxygen atoms in total. The third-order valence-corrected chi connectivity index (χ3v) is 7.08. The van der Waals surface area contributed by atoms with Crippen LogP contribution in [0, 0.1) is 5.92 Å². The van der Waals surface area contributed by atoms with Crippen LogP contribution in [0.1, 0.15) is 49.1 Å². The van der Waals surface area contributed by atoms with E-state index in [1.807, 2.05) is 17.5 Å². The molecule has 8 heteroatoms. The zero-order chi connectivity index (χ0) is 23.1. The second-order valence-electron chi connectivity index (χ2n) is 8.22. The molecule has 2 amide bonds. The molecular formula is C24H31ClN2O4S. The molecule has 1 aromatic heterocycles. The van der Waals surface area contributed by atoms with Crippen LogP contribution >= 0.6 is 22.9 Å². The molecule has 1 heterocycles. The van der Waals surface area contributed by atoms with Crippen LogP contribution in [0.5, 0.6) is 11.5 Å². The molecule has 0 bridgehead atoms. The molecular weight excluding hydrogens is 448 g/mol. The van der Waals surface area contributed by atoms with Crippen molar-refractivity contribution < 1.29 is 19.1 Å². The molecule has 1 aromatic carbocycles. The van der Waals surface area contributed by atoms with Crippen molar-refractivity contribution in [1.82, 2.24) is 10.2 Å². The lowest BCUT2D eigenvalue weighted by Gasteiger charge is -2.34. The van der Waals surface area contributed by atoms with Gasteiger partial charge in [-0.05, 0) is 60.7 Å². The third-order valence-electron chi connectivity index (χ3n) is 5.99. The fraction of sp³-hybridized carbons (Fsp3) is 0.500. The lowest BCUT2D eigenvalue weighted by atomic mass is 9.87. The van der Waals surface area contributed by atoms with Crippen molar-refractivity contribution in [2.45, 2.75) is 51.2 Å². The van der Waals surface area contributed by atoms with Crippen molar-refractivity contribution in [3.8, 4) is 11.5 Å². The first kappa shape index (κ1) is 24.4. The lowest BCUT2D eigenvalue weighted by Crippen LogP contribution is -2.47. The van der Waals surface area contributed by atoms with E-state index in [1.165, 1.54) is 11.3 Å². The summed E-state index contributed by atoms with van der Waals surface area (Å²) in [4.78, 5) is 29.1. The summed E-state index contributed by atoms with van der Waals surface area (Å²) in [6.45, 7) is 2.55. The lowest BCUT2D eigenvalue weighted by molar-refractivity contribution is -0.140. The standard InChI is InChI=1S/C24H31ClN2O4S/c1-16-6-9-18(10-7-16)26-24(29)23(17-8-11-20(30-2)21(13-17)31-3)27(22(28)14-25)15-19-5-4-12-32-19/h4-5,8,11-13,16,18,23H,6-7,9-10,14-15H2,1-3H3,(H,26,29). The smallest absolute Gasteiger partial charge is 0.247 e. The summed E-state index contributed by atoms with van der Waals surface area (Å²) in [6, 6.07) is 8.47. The van der Waals surface area contributed by atoms with E-state index in [9.17, 15) is 9.59 Å². The minimum absolute atomic E-state index is 0.107. The normalized spacial score (nSPS) is 19.1. The number of carbonyl (C=O) groups is 2. The number of halogens is 1. The number of alkyl halides is 1. The van der Waals surface area contributed by atoms with Gasteiger partial charge < -0.3 is 19.7 Å². The molecule has 0 spiro atoms. The number of hydrogen-bond acceptors (Lipinski definition) is 5. The number of nitrogens with one attached hydrogen (secondary N) is 1. The number of benzene rings is 1. The van der Waals surface area contributed by atoms with Gasteiger partial charge in [0.15, 0.2) is 11.5 Å². The molecule has 1 fully saturated rings. The number of rotatable bonds is 9. The average Bonchev–Trinajstić information content (AvgIpc) is 3.32. The predicted molar refractivity (Wildman–Crippen MR) is 127 cm³/mol. The largest absolute Gasteiger partial charge is 0.493 e. The summed E-state index contributed by atoms with van der Waals surface area (Å²) in [6.07, 6.45) is 4.07. The second-order valence-corrected chi connectivity index (χ2v) is 9.52. The maximum atomic E-state index is 13.6. The van der Waals surface area contributed by atoms with Gasteiger partial charge in [-0.3, -0.25) is 9.59 Å². The van der Waals surface area contributed by atoms with E-state index in [-0.39, 0.29) is 23.7 Å². The Bertz CT molecular complexity index is 897. The van der Waals surface area contributed by atoms with E-state index < -0.39 is 6.04 Å². The summed E-state index contributed by atoms with van der Waals surface area (Å²) >= 11 is 7.51. The molecule has 1 atom stereocenters. The topological polar surface area (TPSA) is 67.9 Å². The zero-order valence-electron chi connectivity index (χ0n) is 18.8. The van der Waals surface area contributed by atoms with Crippen molar-refractivity contribution in [2.75, 3.05) is 20.1 Å². The number of amides is 2. The van der Waals surface area contributed by atoms with Crippen LogP contribution in [0.4, 0.5) is 0 Å². The predicted octanol–water partition coefficient (Wildman–Crippen LogP) is 4.77. The Kier molecular flexibility index (Phi) is 8.82. The van der Waals surface area contributed by atoms with Gasteiger partial charge in [0.25, 0.3) is 0 Å². The Morgan fingerprint density at radius 2 is 1.88 bits per heavy atom. The third kappa shape index (κ3) is 5.95. The van der Waals surface area contributed by atoms with Crippen LogP contribution in [0.15, 0.2) is 35.7 Å². The van der Waals surface area contributed by atoms with Gasteiger partial charge in [0.1, 0.15) is 11.9 Å². The molecule has 1 aliphatic rings. The summed E-state index contributed by atoms with van der Waals surface area (Å²) in [7, 11) is 3.11. The van der Waals surface area contributed by atoms with Gasteiger partial charge in [-0.2, -0.15) is 0 Å². The van der Waals surface area contributed by atoms with Crippen LogP contribution in [-0.4, -0.2) is 42.9 Å². The van der Waals surface area contributed by atoms with Crippen molar-refractivity contribution in [3.05, 3.63) is 46.2 Å². The van der Waals surface area contributed by atoms with E-state index in [0.29, 0.717) is 29.5 Å². The van der Waals surface area contributed by atoms with Gasteiger partial charge in [-0.15, -0.1) is 22.9 Å². The van der Waals surface area contributed by atoms with Crippen LogP contribution < -0.4 is 14.8 Å². The highest BCUT2D eigenvalue weighted by Crippen LogP contribution is 2.34. The quantitative estimate of drug-likeness (QED) is 0.527. The fourth-order valence-corrected chi connectivity index (χ4v) is 5.01. The Morgan fingerprint density at radius 3 is 2.47 bits per heavy atom. The summed E-state index contributed by atoms with van der Waals surface area (Å²) < 4.78 is 10.8. The number of nitrogens with zero attached hydrogens (tertiary/aromatic N) is 1. The summed E-state index contributed by atoms with van der Waals surface area (Å²) in [5.41, 5.74) is 0.652. The molecule has 0 radical (unpaired) electrons. The van der Waals surface area contributed by atoms with Crippen molar-refractivity contribution >= 4 is 34.8 Å². The first-order valence-electron chi connectivity index (χ1n) is 10.9. The average molecular weight is 479 g/mol. The second kappa shape index (κ2) is 11.6. The minimum atomic E-state index is -0.831. The molecule has 32 heavy (non-hydrogen) atoms. The molecule has 3 rings (SSSR count). The van der Waals surface area contributed by atoms with Crippen LogP contribution in [0.2, 0.25) is 0 Å². The summed E-state index contributed by atoms with van der Waals surface area (Å²) in [5, 5.41) is 5.15. The van der Waals surface area contributed by atoms with E-state index in [2.05, 4.69) is 12.2 Å². The molecule has 174 valence electrons.